The molecule has 0 bridgehead atoms. The van der Waals surface area contributed by atoms with Crippen molar-refractivity contribution in [2.45, 2.75) is 243 Å². The van der Waals surface area contributed by atoms with Crippen LogP contribution in [0.2, 0.25) is 0 Å². The van der Waals surface area contributed by atoms with Crippen molar-refractivity contribution >= 4 is 17.7 Å². The minimum Gasteiger partial charge on any atom is -0.481 e. The highest BCUT2D eigenvalue weighted by Crippen LogP contribution is 2.77. The highest BCUT2D eigenvalue weighted by molar-refractivity contribution is 6.10. The van der Waals surface area contributed by atoms with Crippen molar-refractivity contribution in [1.29, 1.82) is 0 Å². The molecule has 3 heterocycles. The molecule has 0 unspecified atom stereocenters. The number of rotatable bonds is 2. The molecular formula is C69H94N2O9. The number of carbonyl (C=O) groups is 3. The van der Waals surface area contributed by atoms with E-state index in [1.807, 2.05) is 74.5 Å². The fourth-order valence-corrected chi connectivity index (χ4v) is 19.6. The number of benzene rings is 2. The zero-order chi connectivity index (χ0) is 58.4. The molecule has 12 atom stereocenters. The van der Waals surface area contributed by atoms with Crippen LogP contribution in [-0.4, -0.2) is 49.7 Å². The number of allylic oxidation sites excluding steroid dienone is 4. The molecule has 80 heavy (non-hydrogen) atoms. The summed E-state index contributed by atoms with van der Waals surface area (Å²) in [6.45, 7) is 39.3. The number of carboxylic acid groups (broad SMARTS) is 2. The second-order valence-electron chi connectivity index (χ2n) is 31.0. The van der Waals surface area contributed by atoms with E-state index >= 15 is 0 Å². The Morgan fingerprint density at radius 1 is 0.550 bits per heavy atom. The van der Waals surface area contributed by atoms with Gasteiger partial charge in [0.1, 0.15) is 0 Å². The number of aromatic amines is 1. The van der Waals surface area contributed by atoms with Crippen molar-refractivity contribution < 1.29 is 43.5 Å². The molecule has 3 aromatic rings. The second kappa shape index (κ2) is 17.5. The summed E-state index contributed by atoms with van der Waals surface area (Å²) in [5.41, 5.74) is 10.5. The Morgan fingerprint density at radius 2 is 1.00 bits per heavy atom. The third-order valence-corrected chi connectivity index (χ3v) is 25.2. The fraction of sp³-hybridized carbons (Fsp3) is 0.681. The zero-order valence-corrected chi connectivity index (χ0v) is 51.8. The van der Waals surface area contributed by atoms with Gasteiger partial charge in [-0.1, -0.05) is 67.0 Å². The SMILES string of the molecule is Cc1c2c(cc3c1C(=O)C=C1[C@@]3(C)CC[C@@]3(C)[C@@H]4C[C@](C)(C(=O)O)CC[C@]4(C)CC[C@]13C)OC(C)(C)O2.Cc1c2c(cc3c1OC(C)(C)O3)[C@]1(C)CC[C@@]3(C)[C@@H]4C[C@](C)(C(=O)O)CC[C@]4(C)CC[C@]3(C)C1=CC2.Cc1cc(C)[nH]n1. The maximum absolute atomic E-state index is 13.9. The molecule has 11 heteroatoms. The molecule has 8 aliphatic carbocycles. The second-order valence-corrected chi connectivity index (χ2v) is 31.0. The van der Waals surface area contributed by atoms with E-state index in [1.165, 1.54) is 35.1 Å². The third-order valence-electron chi connectivity index (χ3n) is 25.2. The van der Waals surface area contributed by atoms with Gasteiger partial charge in [0.25, 0.3) is 0 Å². The molecule has 0 radical (unpaired) electrons. The summed E-state index contributed by atoms with van der Waals surface area (Å²) in [4.78, 5) is 38.6. The van der Waals surface area contributed by atoms with Crippen molar-refractivity contribution in [1.82, 2.24) is 10.2 Å². The average Bonchev–Trinajstić information content (AvgIpc) is 3.67. The summed E-state index contributed by atoms with van der Waals surface area (Å²) in [6, 6.07) is 6.37. The van der Waals surface area contributed by atoms with Gasteiger partial charge in [-0.3, -0.25) is 19.5 Å². The van der Waals surface area contributed by atoms with Crippen LogP contribution in [0.25, 0.3) is 0 Å². The van der Waals surface area contributed by atoms with Crippen molar-refractivity contribution in [3.63, 3.8) is 0 Å². The Balaban J connectivity index is 0.000000150. The Kier molecular flexibility index (Phi) is 12.4. The molecule has 0 amide bonds. The molecule has 6 saturated carbocycles. The van der Waals surface area contributed by atoms with Crippen LogP contribution < -0.4 is 18.9 Å². The molecule has 0 spiro atoms. The van der Waals surface area contributed by atoms with Crippen LogP contribution >= 0.6 is 0 Å². The standard InChI is InChI=1S/C32H42O5.C32H44O4.C5H8N2/c1-18-24-19(15-21-25(18)37-27(2,3)36-21)30(6)12-14-32(8)23-17-29(5,26(34)35)10-9-28(23,4)11-13-31(32,7)22(30)16-20(24)33;1-19-20-9-10-23-30(6,21(20)17-22-25(19)36-27(2,3)35-22)14-16-32(8)24-18-29(5,26(33)34)12-11-28(24,4)13-15-31(23,32)7;1-4-3-5(2)7-6-4/h15-16,23H,9-14,17H2,1-8H3,(H,34,35);10,17,24H,9,11-16,18H2,1-8H3,(H,33,34);3H,1-2H3,(H,6,7)/t23-,28-,29-,30+,31-,32+;24-,28-,29-,30+,31-,32+;/m11./s1. The van der Waals surface area contributed by atoms with E-state index in [0.29, 0.717) is 24.0 Å². The fourth-order valence-electron chi connectivity index (χ4n) is 19.6. The van der Waals surface area contributed by atoms with Crippen molar-refractivity contribution in [3.8, 4) is 23.0 Å². The Bertz CT molecular complexity index is 3220. The number of aryl methyl sites for hydroxylation is 2. The number of ketones is 1. The van der Waals surface area contributed by atoms with Gasteiger partial charge in [0.15, 0.2) is 28.8 Å². The number of hydrogen-bond acceptors (Lipinski definition) is 8. The smallest absolute Gasteiger partial charge is 0.309 e. The van der Waals surface area contributed by atoms with E-state index in [4.69, 9.17) is 18.9 Å². The highest BCUT2D eigenvalue weighted by Gasteiger charge is 2.69. The number of nitrogens with zero attached hydrogens (tertiary/aromatic N) is 1. The first-order chi connectivity index (χ1) is 36.9. The first kappa shape index (κ1) is 56.8. The Hall–Kier alpha value is -5.06. The van der Waals surface area contributed by atoms with Crippen LogP contribution in [0.5, 0.6) is 23.0 Å². The molecule has 2 aromatic carbocycles. The van der Waals surface area contributed by atoms with Crippen molar-refractivity contribution in [2.75, 3.05) is 0 Å². The van der Waals surface area contributed by atoms with E-state index in [-0.39, 0.29) is 49.1 Å². The maximum Gasteiger partial charge on any atom is 0.309 e. The summed E-state index contributed by atoms with van der Waals surface area (Å²) in [7, 11) is 0. The topological polar surface area (TPSA) is 157 Å². The van der Waals surface area contributed by atoms with Crippen LogP contribution in [0, 0.1) is 82.9 Å². The summed E-state index contributed by atoms with van der Waals surface area (Å²) in [6.07, 6.45) is 19.2. The van der Waals surface area contributed by atoms with Gasteiger partial charge >= 0.3 is 11.9 Å². The van der Waals surface area contributed by atoms with E-state index < -0.39 is 34.3 Å². The minimum absolute atomic E-state index is 0.0315. The monoisotopic (exact) mass is 1090 g/mol. The first-order valence-corrected chi connectivity index (χ1v) is 30.4. The first-order valence-electron chi connectivity index (χ1n) is 30.4. The van der Waals surface area contributed by atoms with Crippen molar-refractivity contribution in [2.24, 2.45) is 55.2 Å². The summed E-state index contributed by atoms with van der Waals surface area (Å²) >= 11 is 0. The third kappa shape index (κ3) is 7.88. The molecule has 0 saturated heterocycles. The number of aromatic nitrogens is 2. The minimum atomic E-state index is -0.750. The average molecular weight is 1100 g/mol. The van der Waals surface area contributed by atoms with Crippen molar-refractivity contribution in [3.05, 3.63) is 86.3 Å². The predicted octanol–water partition coefficient (Wildman–Crippen LogP) is 16.1. The number of aliphatic carboxylic acids is 2. The van der Waals surface area contributed by atoms with E-state index in [2.05, 4.69) is 90.7 Å². The van der Waals surface area contributed by atoms with Gasteiger partial charge in [0.05, 0.1) is 16.5 Å². The lowest BCUT2D eigenvalue weighted by Gasteiger charge is -2.69. The molecule has 434 valence electrons. The van der Waals surface area contributed by atoms with Crippen LogP contribution in [0.4, 0.5) is 0 Å². The van der Waals surface area contributed by atoms with Gasteiger partial charge < -0.3 is 29.2 Å². The number of carbonyl (C=O) groups excluding carboxylic acids is 1. The molecule has 11 nitrogen and oxygen atoms in total. The predicted molar refractivity (Wildman–Crippen MR) is 312 cm³/mol. The molecule has 6 fully saturated rings. The van der Waals surface area contributed by atoms with E-state index in [1.54, 1.807) is 5.57 Å². The van der Waals surface area contributed by atoms with Gasteiger partial charge in [-0.15, -0.1) is 0 Å². The number of hydrogen-bond donors (Lipinski definition) is 3. The van der Waals surface area contributed by atoms with Gasteiger partial charge in [-0.25, -0.2) is 0 Å². The number of nitrogens with one attached hydrogen (secondary N) is 1. The molecule has 1 aromatic heterocycles. The summed E-state index contributed by atoms with van der Waals surface area (Å²) < 4.78 is 24.7. The Labute approximate surface area is 477 Å². The summed E-state index contributed by atoms with van der Waals surface area (Å²) in [5, 5.41) is 27.0. The molecular weight excluding hydrogens is 1000 g/mol. The molecule has 3 N–H and O–H groups in total. The maximum atomic E-state index is 13.9. The molecule has 2 aliphatic heterocycles. The largest absolute Gasteiger partial charge is 0.481 e. The van der Waals surface area contributed by atoms with E-state index in [0.717, 1.165) is 122 Å². The molecule has 10 aliphatic rings. The zero-order valence-electron chi connectivity index (χ0n) is 51.8. The van der Waals surface area contributed by atoms with Crippen LogP contribution in [0.3, 0.4) is 0 Å². The summed E-state index contributed by atoms with van der Waals surface area (Å²) in [5.74, 6) is 1.35. The number of fused-ring (bicyclic) bond motifs is 16. The van der Waals surface area contributed by atoms with Gasteiger partial charge in [0, 0.05) is 55.3 Å². The normalized spacial score (nSPS) is 40.6. The number of carboxylic acids is 2. The Morgan fingerprint density at radius 3 is 1.45 bits per heavy atom. The van der Waals surface area contributed by atoms with E-state index in [9.17, 15) is 24.6 Å². The quantitative estimate of drug-likeness (QED) is 0.211. The lowest BCUT2D eigenvalue weighted by molar-refractivity contribution is -0.177. The van der Waals surface area contributed by atoms with Gasteiger partial charge in [0.2, 0.25) is 11.6 Å². The molecule has 13 rings (SSSR count). The van der Waals surface area contributed by atoms with Crippen LogP contribution in [0.15, 0.2) is 41.5 Å². The lowest BCUT2D eigenvalue weighted by atomic mass is 9.34. The van der Waals surface area contributed by atoms with Gasteiger partial charge in [-0.05, 0) is 234 Å². The lowest BCUT2D eigenvalue weighted by Crippen LogP contribution is -2.62. The van der Waals surface area contributed by atoms with Gasteiger partial charge in [-0.2, -0.15) is 5.10 Å². The number of ether oxygens (including phenoxy) is 4. The van der Waals surface area contributed by atoms with Crippen LogP contribution in [-0.2, 0) is 26.8 Å². The number of H-pyrrole nitrogens is 1. The van der Waals surface area contributed by atoms with Crippen LogP contribution in [0.1, 0.15) is 236 Å². The highest BCUT2D eigenvalue weighted by atomic mass is 16.7.